The van der Waals surface area contributed by atoms with Crippen LogP contribution in [0.15, 0.2) is 120 Å². The second-order valence-electron chi connectivity index (χ2n) is 9.18. The van der Waals surface area contributed by atoms with Crippen molar-refractivity contribution in [1.82, 2.24) is 4.98 Å². The molecule has 1 amide bonds. The number of fused-ring (bicyclic) bond motifs is 1. The van der Waals surface area contributed by atoms with Crippen molar-refractivity contribution in [3.63, 3.8) is 0 Å². The van der Waals surface area contributed by atoms with Crippen molar-refractivity contribution >= 4 is 57.9 Å². The number of benzene rings is 4. The van der Waals surface area contributed by atoms with Crippen LogP contribution < -0.4 is 5.32 Å². The monoisotopic (exact) mass is 560 g/mol. The van der Waals surface area contributed by atoms with Crippen LogP contribution >= 0.6 is 23.2 Å². The van der Waals surface area contributed by atoms with Gasteiger partial charge in [-0.25, -0.2) is 4.98 Å². The molecule has 0 aliphatic carbocycles. The van der Waals surface area contributed by atoms with Gasteiger partial charge in [-0.15, -0.1) is 0 Å². The van der Waals surface area contributed by atoms with Crippen molar-refractivity contribution in [3.8, 4) is 22.8 Å². The normalized spacial score (nSPS) is 11.2. The van der Waals surface area contributed by atoms with E-state index < -0.39 is 0 Å². The van der Waals surface area contributed by atoms with Gasteiger partial charge in [-0.3, -0.25) is 4.79 Å². The molecule has 0 atom stereocenters. The molecule has 194 valence electrons. The van der Waals surface area contributed by atoms with E-state index in [0.717, 1.165) is 16.5 Å². The molecule has 6 aromatic rings. The van der Waals surface area contributed by atoms with E-state index in [-0.39, 0.29) is 5.91 Å². The molecule has 6 heteroatoms. The highest BCUT2D eigenvalue weighted by Gasteiger charge is 2.17. The molecule has 0 spiro atoms. The number of pyridine rings is 1. The number of carbonyl (C=O) groups is 1. The maximum absolute atomic E-state index is 13.5. The van der Waals surface area contributed by atoms with Crippen LogP contribution in [0.4, 0.5) is 5.69 Å². The minimum Gasteiger partial charge on any atom is -0.454 e. The van der Waals surface area contributed by atoms with Crippen LogP contribution in [0.1, 0.15) is 21.5 Å². The van der Waals surface area contributed by atoms with E-state index in [1.165, 1.54) is 0 Å². The molecule has 40 heavy (non-hydrogen) atoms. The molecule has 2 heterocycles. The Kier molecular flexibility index (Phi) is 7.19. The lowest BCUT2D eigenvalue weighted by molar-refractivity contribution is 0.102. The van der Waals surface area contributed by atoms with E-state index >= 15 is 0 Å². The number of nitrogens with one attached hydrogen (secondary N) is 1. The molecule has 0 unspecified atom stereocenters. The smallest absolute Gasteiger partial charge is 0.256 e. The summed E-state index contributed by atoms with van der Waals surface area (Å²) in [7, 11) is 0. The quantitative estimate of drug-likeness (QED) is 0.206. The number of hydrogen-bond donors (Lipinski definition) is 1. The first-order valence-electron chi connectivity index (χ1n) is 12.6. The van der Waals surface area contributed by atoms with E-state index in [0.29, 0.717) is 49.6 Å². The van der Waals surface area contributed by atoms with Crippen LogP contribution in [0.25, 0.3) is 45.8 Å². The molecule has 0 radical (unpaired) electrons. The summed E-state index contributed by atoms with van der Waals surface area (Å²) in [5.74, 6) is 0.836. The van der Waals surface area contributed by atoms with Gasteiger partial charge in [0.25, 0.3) is 5.91 Å². The van der Waals surface area contributed by atoms with Crippen molar-refractivity contribution in [2.24, 2.45) is 0 Å². The molecule has 0 bridgehead atoms. The molecule has 0 saturated carbocycles. The zero-order chi connectivity index (χ0) is 27.5. The Morgan fingerprint density at radius 2 is 1.43 bits per heavy atom. The van der Waals surface area contributed by atoms with Crippen LogP contribution in [0, 0.1) is 0 Å². The number of aromatic nitrogens is 1. The van der Waals surface area contributed by atoms with Gasteiger partial charge in [0.15, 0.2) is 5.76 Å². The van der Waals surface area contributed by atoms with Crippen molar-refractivity contribution in [3.05, 3.63) is 142 Å². The molecule has 0 fully saturated rings. The van der Waals surface area contributed by atoms with Crippen molar-refractivity contribution in [2.45, 2.75) is 0 Å². The standard InChI is InChI=1S/C34H22Cl2N2O2/c35-24-14-17-29(36)28(20-24)32-18-19-33(40-32)31-21-27(26-8-4-5-9-30(26)38-31)34(39)37-25-15-12-23(13-16-25)11-10-22-6-2-1-3-7-22/h1-21H,(H,37,39)/b11-10+. The number of furan rings is 1. The number of carbonyl (C=O) groups excluding carboxylic acids is 1. The Morgan fingerprint density at radius 3 is 2.23 bits per heavy atom. The van der Waals surface area contributed by atoms with Gasteiger partial charge < -0.3 is 9.73 Å². The lowest BCUT2D eigenvalue weighted by Crippen LogP contribution is -2.13. The average Bonchev–Trinajstić information content (AvgIpc) is 3.48. The first-order valence-corrected chi connectivity index (χ1v) is 13.4. The van der Waals surface area contributed by atoms with Crippen LogP contribution in [0.2, 0.25) is 10.0 Å². The summed E-state index contributed by atoms with van der Waals surface area (Å²) in [6.45, 7) is 0. The third-order valence-corrected chi connectivity index (χ3v) is 7.01. The molecule has 0 aliphatic rings. The maximum Gasteiger partial charge on any atom is 0.256 e. The van der Waals surface area contributed by atoms with E-state index in [1.807, 2.05) is 97.1 Å². The third-order valence-electron chi connectivity index (χ3n) is 6.45. The molecule has 1 N–H and O–H groups in total. The summed E-state index contributed by atoms with van der Waals surface area (Å²) in [4.78, 5) is 18.3. The van der Waals surface area contributed by atoms with Gasteiger partial charge >= 0.3 is 0 Å². The molecule has 2 aromatic heterocycles. The fourth-order valence-electron chi connectivity index (χ4n) is 4.43. The Morgan fingerprint density at radius 1 is 0.725 bits per heavy atom. The molecule has 4 nitrogen and oxygen atoms in total. The number of halogens is 2. The number of amides is 1. The Hall–Kier alpha value is -4.64. The van der Waals surface area contributed by atoms with Crippen molar-refractivity contribution in [1.29, 1.82) is 0 Å². The second kappa shape index (κ2) is 11.2. The van der Waals surface area contributed by atoms with E-state index in [1.54, 1.807) is 24.3 Å². The van der Waals surface area contributed by atoms with Crippen molar-refractivity contribution in [2.75, 3.05) is 5.32 Å². The molecule has 6 rings (SSSR count). The summed E-state index contributed by atoms with van der Waals surface area (Å²) in [5.41, 5.74) is 5.25. The minimum absolute atomic E-state index is 0.239. The summed E-state index contributed by atoms with van der Waals surface area (Å²) in [6.07, 6.45) is 4.09. The zero-order valence-corrected chi connectivity index (χ0v) is 22.7. The highest BCUT2D eigenvalue weighted by atomic mass is 35.5. The van der Waals surface area contributed by atoms with E-state index in [9.17, 15) is 4.79 Å². The first-order chi connectivity index (χ1) is 19.5. The molecular weight excluding hydrogens is 539 g/mol. The van der Waals surface area contributed by atoms with Gasteiger partial charge in [0.1, 0.15) is 11.5 Å². The van der Waals surface area contributed by atoms with E-state index in [2.05, 4.69) is 11.4 Å². The van der Waals surface area contributed by atoms with Gasteiger partial charge in [0.2, 0.25) is 0 Å². The Bertz CT molecular complexity index is 1860. The summed E-state index contributed by atoms with van der Waals surface area (Å²) >= 11 is 12.5. The average molecular weight is 561 g/mol. The highest BCUT2D eigenvalue weighted by Crippen LogP contribution is 2.35. The van der Waals surface area contributed by atoms with Gasteiger partial charge in [0.05, 0.1) is 16.1 Å². The second-order valence-corrected chi connectivity index (χ2v) is 10.0. The Labute approximate surface area is 241 Å². The fourth-order valence-corrected chi connectivity index (χ4v) is 4.81. The van der Waals surface area contributed by atoms with Crippen LogP contribution in [-0.2, 0) is 0 Å². The highest BCUT2D eigenvalue weighted by molar-refractivity contribution is 6.35. The Balaban J connectivity index is 1.28. The topological polar surface area (TPSA) is 55.1 Å². The largest absolute Gasteiger partial charge is 0.454 e. The molecule has 0 saturated heterocycles. The lowest BCUT2D eigenvalue weighted by atomic mass is 10.1. The van der Waals surface area contributed by atoms with Gasteiger partial charge in [-0.05, 0) is 65.7 Å². The van der Waals surface area contributed by atoms with E-state index in [4.69, 9.17) is 32.6 Å². The first kappa shape index (κ1) is 25.6. The predicted octanol–water partition coefficient (Wildman–Crippen LogP) is 9.89. The number of hydrogen-bond acceptors (Lipinski definition) is 3. The van der Waals surface area contributed by atoms with Crippen LogP contribution in [-0.4, -0.2) is 10.9 Å². The minimum atomic E-state index is -0.239. The van der Waals surface area contributed by atoms with Gasteiger partial charge in [0, 0.05) is 21.7 Å². The summed E-state index contributed by atoms with van der Waals surface area (Å²) in [5, 5.41) is 4.85. The van der Waals surface area contributed by atoms with Gasteiger partial charge in [-0.2, -0.15) is 0 Å². The maximum atomic E-state index is 13.5. The van der Waals surface area contributed by atoms with Crippen LogP contribution in [0.5, 0.6) is 0 Å². The summed E-state index contributed by atoms with van der Waals surface area (Å²) in [6, 6.07) is 35.9. The van der Waals surface area contributed by atoms with Crippen LogP contribution in [0.3, 0.4) is 0 Å². The number of nitrogens with zero attached hydrogens (tertiary/aromatic N) is 1. The predicted molar refractivity (Wildman–Crippen MR) is 165 cm³/mol. The lowest BCUT2D eigenvalue weighted by Gasteiger charge is -2.10. The van der Waals surface area contributed by atoms with Crippen molar-refractivity contribution < 1.29 is 9.21 Å². The zero-order valence-electron chi connectivity index (χ0n) is 21.1. The molecule has 4 aromatic carbocycles. The third kappa shape index (κ3) is 5.55. The number of para-hydroxylation sites is 1. The summed E-state index contributed by atoms with van der Waals surface area (Å²) < 4.78 is 6.12. The number of rotatable bonds is 6. The molecular formula is C34H22Cl2N2O2. The SMILES string of the molecule is O=C(Nc1ccc(/C=C/c2ccccc2)cc1)c1cc(-c2ccc(-c3cc(Cl)ccc3Cl)o2)nc2ccccc12. The molecule has 0 aliphatic heterocycles. The van der Waals surface area contributed by atoms with Gasteiger partial charge in [-0.1, -0.05) is 96.0 Å². The fraction of sp³-hybridized carbons (Fsp3) is 0. The number of anilines is 1.